The van der Waals surface area contributed by atoms with Crippen molar-refractivity contribution in [3.8, 4) is 0 Å². The van der Waals surface area contributed by atoms with E-state index in [0.29, 0.717) is 12.8 Å². The molecule has 1 aliphatic heterocycles. The third-order valence-electron chi connectivity index (χ3n) is 2.31. The van der Waals surface area contributed by atoms with E-state index in [1.807, 2.05) is 6.08 Å². The quantitative estimate of drug-likeness (QED) is 0.405. The Balaban J connectivity index is 2.29. The molecule has 0 spiro atoms. The van der Waals surface area contributed by atoms with Gasteiger partial charge in [-0.05, 0) is 25.7 Å². The molecule has 1 heterocycles. The summed E-state index contributed by atoms with van der Waals surface area (Å²) in [5.74, 6) is -0.192. The van der Waals surface area contributed by atoms with Gasteiger partial charge >= 0.3 is 0 Å². The summed E-state index contributed by atoms with van der Waals surface area (Å²) in [4.78, 5) is 22.0. The first-order valence-electron chi connectivity index (χ1n) is 4.68. The van der Waals surface area contributed by atoms with Crippen LogP contribution >= 0.6 is 0 Å². The van der Waals surface area contributed by atoms with Crippen molar-refractivity contribution in [1.82, 2.24) is 5.32 Å². The number of hydrogen-bond donors (Lipinski definition) is 1. The van der Waals surface area contributed by atoms with Crippen LogP contribution in [0.4, 0.5) is 0 Å². The van der Waals surface area contributed by atoms with Crippen LogP contribution in [0.5, 0.6) is 0 Å². The number of hydrogen-bond acceptors (Lipinski definition) is 2. The highest BCUT2D eigenvalue weighted by atomic mass is 16.2. The molecule has 1 aliphatic rings. The number of rotatable bonds is 4. The maximum Gasteiger partial charge on any atom is 0.229 e. The van der Waals surface area contributed by atoms with Gasteiger partial charge in [0, 0.05) is 12.3 Å². The van der Waals surface area contributed by atoms with Crippen molar-refractivity contribution in [3.05, 3.63) is 12.7 Å². The van der Waals surface area contributed by atoms with Gasteiger partial charge in [-0.3, -0.25) is 14.9 Å². The third kappa shape index (κ3) is 3.01. The molecule has 72 valence electrons. The number of amides is 2. The monoisotopic (exact) mass is 181 g/mol. The van der Waals surface area contributed by atoms with E-state index in [1.165, 1.54) is 0 Å². The fourth-order valence-corrected chi connectivity index (χ4v) is 1.52. The van der Waals surface area contributed by atoms with Crippen LogP contribution in [0.1, 0.15) is 32.1 Å². The van der Waals surface area contributed by atoms with Crippen molar-refractivity contribution < 1.29 is 9.59 Å². The van der Waals surface area contributed by atoms with E-state index in [9.17, 15) is 9.59 Å². The number of piperidine rings is 1. The molecule has 3 heteroatoms. The molecule has 1 atom stereocenters. The first-order valence-corrected chi connectivity index (χ1v) is 4.68. The maximum atomic E-state index is 11.2. The SMILES string of the molecule is C=CCCCC1CCC(=O)NC1=O. The van der Waals surface area contributed by atoms with E-state index in [1.54, 1.807) is 0 Å². The van der Waals surface area contributed by atoms with Crippen LogP contribution in [0.3, 0.4) is 0 Å². The molecule has 1 rings (SSSR count). The zero-order valence-electron chi connectivity index (χ0n) is 7.71. The maximum absolute atomic E-state index is 11.2. The minimum atomic E-state index is -0.134. The molecule has 1 unspecified atom stereocenters. The van der Waals surface area contributed by atoms with Gasteiger partial charge in [0.15, 0.2) is 0 Å². The fourth-order valence-electron chi connectivity index (χ4n) is 1.52. The molecule has 0 aromatic rings. The third-order valence-corrected chi connectivity index (χ3v) is 2.31. The van der Waals surface area contributed by atoms with Crippen LogP contribution in [-0.4, -0.2) is 11.8 Å². The summed E-state index contributed by atoms with van der Waals surface area (Å²) < 4.78 is 0. The Kier molecular flexibility index (Phi) is 3.68. The van der Waals surface area contributed by atoms with E-state index in [2.05, 4.69) is 11.9 Å². The fraction of sp³-hybridized carbons (Fsp3) is 0.600. The molecule has 3 nitrogen and oxygen atoms in total. The standard InChI is InChI=1S/C10H15NO2/c1-2-3-4-5-8-6-7-9(12)11-10(8)13/h2,8H,1,3-7H2,(H,11,12,13). The van der Waals surface area contributed by atoms with Gasteiger partial charge in [-0.25, -0.2) is 0 Å². The first kappa shape index (κ1) is 9.96. The Morgan fingerprint density at radius 3 is 2.92 bits per heavy atom. The molecule has 2 amide bonds. The smallest absolute Gasteiger partial charge is 0.229 e. The molecule has 1 saturated heterocycles. The van der Waals surface area contributed by atoms with Gasteiger partial charge in [0.25, 0.3) is 0 Å². The van der Waals surface area contributed by atoms with Crippen LogP contribution in [0, 0.1) is 5.92 Å². The summed E-state index contributed by atoms with van der Waals surface area (Å²) in [6.07, 6.45) is 5.84. The molecule has 0 aliphatic carbocycles. The highest BCUT2D eigenvalue weighted by Gasteiger charge is 2.25. The number of nitrogens with one attached hydrogen (secondary N) is 1. The number of imide groups is 1. The van der Waals surface area contributed by atoms with E-state index in [4.69, 9.17) is 0 Å². The Hall–Kier alpha value is -1.12. The second kappa shape index (κ2) is 4.80. The zero-order chi connectivity index (χ0) is 9.68. The van der Waals surface area contributed by atoms with E-state index in [0.717, 1.165) is 19.3 Å². The summed E-state index contributed by atoms with van der Waals surface area (Å²) in [5, 5.41) is 2.35. The molecular weight excluding hydrogens is 166 g/mol. The number of unbranched alkanes of at least 4 members (excludes halogenated alkanes) is 1. The van der Waals surface area contributed by atoms with Crippen LogP contribution in [0.2, 0.25) is 0 Å². The van der Waals surface area contributed by atoms with Gasteiger partial charge in [-0.2, -0.15) is 0 Å². The zero-order valence-corrected chi connectivity index (χ0v) is 7.71. The van der Waals surface area contributed by atoms with Crippen molar-refractivity contribution in [2.24, 2.45) is 5.92 Å². The molecule has 0 bridgehead atoms. The minimum absolute atomic E-state index is 0.0395. The van der Waals surface area contributed by atoms with Crippen LogP contribution < -0.4 is 5.32 Å². The van der Waals surface area contributed by atoms with Crippen molar-refractivity contribution in [2.45, 2.75) is 32.1 Å². The normalized spacial score (nSPS) is 22.6. The lowest BCUT2D eigenvalue weighted by atomic mass is 9.93. The Morgan fingerprint density at radius 2 is 2.31 bits per heavy atom. The molecule has 0 radical (unpaired) electrons. The molecule has 1 N–H and O–H groups in total. The van der Waals surface area contributed by atoms with Crippen LogP contribution in [0.15, 0.2) is 12.7 Å². The summed E-state index contributed by atoms with van der Waals surface area (Å²) in [6, 6.07) is 0. The predicted octanol–water partition coefficient (Wildman–Crippen LogP) is 1.40. The van der Waals surface area contributed by atoms with Gasteiger partial charge in [-0.15, -0.1) is 6.58 Å². The average molecular weight is 181 g/mol. The van der Waals surface area contributed by atoms with E-state index >= 15 is 0 Å². The lowest BCUT2D eigenvalue weighted by Gasteiger charge is -2.20. The second-order valence-electron chi connectivity index (χ2n) is 3.37. The molecule has 13 heavy (non-hydrogen) atoms. The highest BCUT2D eigenvalue weighted by Crippen LogP contribution is 2.18. The summed E-state index contributed by atoms with van der Waals surface area (Å²) in [7, 11) is 0. The van der Waals surface area contributed by atoms with Gasteiger partial charge < -0.3 is 0 Å². The van der Waals surface area contributed by atoms with Crippen LogP contribution in [0.25, 0.3) is 0 Å². The second-order valence-corrected chi connectivity index (χ2v) is 3.37. The van der Waals surface area contributed by atoms with Gasteiger partial charge in [0.2, 0.25) is 11.8 Å². The average Bonchev–Trinajstić information content (AvgIpc) is 2.09. The molecule has 0 aromatic heterocycles. The largest absolute Gasteiger partial charge is 0.296 e. The van der Waals surface area contributed by atoms with Gasteiger partial charge in [0.1, 0.15) is 0 Å². The number of carbonyl (C=O) groups is 2. The Bertz CT molecular complexity index is 223. The predicted molar refractivity (Wildman–Crippen MR) is 49.9 cm³/mol. The highest BCUT2D eigenvalue weighted by molar-refractivity contribution is 5.98. The number of carbonyl (C=O) groups excluding carboxylic acids is 2. The van der Waals surface area contributed by atoms with E-state index < -0.39 is 0 Å². The van der Waals surface area contributed by atoms with Crippen LogP contribution in [-0.2, 0) is 9.59 Å². The Labute approximate surface area is 78.2 Å². The van der Waals surface area contributed by atoms with Crippen molar-refractivity contribution in [1.29, 1.82) is 0 Å². The molecule has 1 fully saturated rings. The lowest BCUT2D eigenvalue weighted by molar-refractivity contribution is -0.136. The molecular formula is C10H15NO2. The summed E-state index contributed by atoms with van der Waals surface area (Å²) in [6.45, 7) is 3.62. The van der Waals surface area contributed by atoms with E-state index in [-0.39, 0.29) is 17.7 Å². The van der Waals surface area contributed by atoms with Crippen molar-refractivity contribution >= 4 is 11.8 Å². The van der Waals surface area contributed by atoms with Crippen molar-refractivity contribution in [2.75, 3.05) is 0 Å². The lowest BCUT2D eigenvalue weighted by Crippen LogP contribution is -2.40. The Morgan fingerprint density at radius 1 is 1.54 bits per heavy atom. The van der Waals surface area contributed by atoms with Gasteiger partial charge in [0.05, 0.1) is 0 Å². The molecule has 0 saturated carbocycles. The number of allylic oxidation sites excluding steroid dienone is 1. The topological polar surface area (TPSA) is 46.2 Å². The van der Waals surface area contributed by atoms with Crippen molar-refractivity contribution in [3.63, 3.8) is 0 Å². The van der Waals surface area contributed by atoms with Gasteiger partial charge in [-0.1, -0.05) is 6.08 Å². The first-order chi connectivity index (χ1) is 6.24. The molecule has 0 aromatic carbocycles. The summed E-state index contributed by atoms with van der Waals surface area (Å²) in [5.41, 5.74) is 0. The minimum Gasteiger partial charge on any atom is -0.296 e. The summed E-state index contributed by atoms with van der Waals surface area (Å²) >= 11 is 0.